The van der Waals surface area contributed by atoms with Gasteiger partial charge in [0.2, 0.25) is 0 Å². The van der Waals surface area contributed by atoms with Gasteiger partial charge in [-0.3, -0.25) is 9.69 Å². The van der Waals surface area contributed by atoms with Crippen LogP contribution in [0.4, 0.5) is 4.39 Å². The van der Waals surface area contributed by atoms with Crippen LogP contribution in [0.3, 0.4) is 0 Å². The molecular weight excluding hydrogens is 373 g/mol. The molecule has 0 radical (unpaired) electrons. The quantitative estimate of drug-likeness (QED) is 0.622. The average Bonchev–Trinajstić information content (AvgIpc) is 3.38. The van der Waals surface area contributed by atoms with Crippen molar-refractivity contribution in [3.63, 3.8) is 0 Å². The molecule has 2 aromatic heterocycles. The molecule has 1 atom stereocenters. The van der Waals surface area contributed by atoms with E-state index in [4.69, 9.17) is 9.15 Å². The third-order valence-electron chi connectivity index (χ3n) is 5.16. The number of methoxy groups -OCH3 is 1. The summed E-state index contributed by atoms with van der Waals surface area (Å²) in [6, 6.07) is 14.3. The molecule has 1 aliphatic heterocycles. The predicted octanol–water partition coefficient (Wildman–Crippen LogP) is 3.20. The van der Waals surface area contributed by atoms with E-state index in [1.165, 1.54) is 12.1 Å². The van der Waals surface area contributed by atoms with Gasteiger partial charge in [0.25, 0.3) is 5.91 Å². The van der Waals surface area contributed by atoms with Gasteiger partial charge in [-0.25, -0.2) is 4.39 Å². The number of benzene rings is 1. The topological polar surface area (TPSA) is 59.6 Å². The number of hydrogen-bond donors (Lipinski definition) is 1. The molecule has 3 heterocycles. The zero-order valence-electron chi connectivity index (χ0n) is 16.3. The number of halogens is 1. The van der Waals surface area contributed by atoms with Crippen molar-refractivity contribution in [1.82, 2.24) is 14.8 Å². The maximum absolute atomic E-state index is 13.4. The van der Waals surface area contributed by atoms with Gasteiger partial charge in [-0.05, 0) is 42.0 Å². The van der Waals surface area contributed by atoms with Crippen molar-refractivity contribution >= 4 is 5.91 Å². The van der Waals surface area contributed by atoms with E-state index in [0.29, 0.717) is 25.5 Å². The molecule has 152 valence electrons. The molecule has 1 N–H and O–H groups in total. The van der Waals surface area contributed by atoms with Gasteiger partial charge in [-0.2, -0.15) is 0 Å². The Labute approximate surface area is 168 Å². The van der Waals surface area contributed by atoms with Crippen LogP contribution in [0.5, 0.6) is 0 Å². The number of fused-ring (bicyclic) bond motifs is 1. The summed E-state index contributed by atoms with van der Waals surface area (Å²) in [6.07, 6.45) is 2.07. The molecule has 4 rings (SSSR count). The number of amides is 1. The summed E-state index contributed by atoms with van der Waals surface area (Å²) in [7, 11) is 1.59. The molecule has 1 aromatic carbocycles. The zero-order chi connectivity index (χ0) is 20.2. The van der Waals surface area contributed by atoms with Crippen LogP contribution in [-0.4, -0.2) is 42.2 Å². The predicted molar refractivity (Wildman–Crippen MR) is 106 cm³/mol. The van der Waals surface area contributed by atoms with Crippen molar-refractivity contribution in [2.75, 3.05) is 26.8 Å². The number of furan rings is 1. The minimum atomic E-state index is -0.254. The highest BCUT2D eigenvalue weighted by Crippen LogP contribution is 2.33. The van der Waals surface area contributed by atoms with E-state index < -0.39 is 0 Å². The number of aromatic nitrogens is 1. The Kier molecular flexibility index (Phi) is 5.78. The second-order valence-electron chi connectivity index (χ2n) is 7.07. The number of carbonyl (C=O) groups is 1. The van der Waals surface area contributed by atoms with Crippen LogP contribution in [-0.2, 0) is 17.8 Å². The lowest BCUT2D eigenvalue weighted by Crippen LogP contribution is -2.37. The SMILES string of the molecule is COCCNC(=O)c1ccc(CN2CCn3cccc3C2c2ccc(F)cc2)o1. The summed E-state index contributed by atoms with van der Waals surface area (Å²) >= 11 is 0. The van der Waals surface area contributed by atoms with Crippen LogP contribution in [0.2, 0.25) is 0 Å². The average molecular weight is 397 g/mol. The Morgan fingerprint density at radius 3 is 2.83 bits per heavy atom. The first-order valence-corrected chi connectivity index (χ1v) is 9.66. The van der Waals surface area contributed by atoms with E-state index in [9.17, 15) is 9.18 Å². The third kappa shape index (κ3) is 4.26. The smallest absolute Gasteiger partial charge is 0.287 e. The number of nitrogens with one attached hydrogen (secondary N) is 1. The molecule has 0 saturated carbocycles. The lowest BCUT2D eigenvalue weighted by Gasteiger charge is -2.36. The molecule has 29 heavy (non-hydrogen) atoms. The molecule has 0 saturated heterocycles. The zero-order valence-corrected chi connectivity index (χ0v) is 16.3. The van der Waals surface area contributed by atoms with Crippen LogP contribution in [0.1, 0.15) is 33.6 Å². The van der Waals surface area contributed by atoms with Gasteiger partial charge < -0.3 is 19.0 Å². The third-order valence-corrected chi connectivity index (χ3v) is 5.16. The molecule has 6 nitrogen and oxygen atoms in total. The molecule has 1 aliphatic rings. The van der Waals surface area contributed by atoms with Crippen LogP contribution in [0.25, 0.3) is 0 Å². The van der Waals surface area contributed by atoms with Crippen molar-refractivity contribution in [2.24, 2.45) is 0 Å². The molecule has 0 aliphatic carbocycles. The first-order valence-electron chi connectivity index (χ1n) is 9.66. The fourth-order valence-electron chi connectivity index (χ4n) is 3.77. The Morgan fingerprint density at radius 1 is 1.21 bits per heavy atom. The normalized spacial score (nSPS) is 16.6. The van der Waals surface area contributed by atoms with Crippen molar-refractivity contribution in [1.29, 1.82) is 0 Å². The van der Waals surface area contributed by atoms with Gasteiger partial charge in [0.05, 0.1) is 19.2 Å². The first kappa shape index (κ1) is 19.4. The maximum atomic E-state index is 13.4. The summed E-state index contributed by atoms with van der Waals surface area (Å²) in [6.45, 7) is 3.12. The highest BCUT2D eigenvalue weighted by molar-refractivity contribution is 5.91. The van der Waals surface area contributed by atoms with Gasteiger partial charge in [0.1, 0.15) is 11.6 Å². The Balaban J connectivity index is 1.53. The van der Waals surface area contributed by atoms with Gasteiger partial charge >= 0.3 is 0 Å². The maximum Gasteiger partial charge on any atom is 0.287 e. The van der Waals surface area contributed by atoms with Crippen molar-refractivity contribution < 1.29 is 18.3 Å². The largest absolute Gasteiger partial charge is 0.455 e. The van der Waals surface area contributed by atoms with E-state index in [0.717, 1.165) is 24.3 Å². The Morgan fingerprint density at radius 2 is 2.03 bits per heavy atom. The number of hydrogen-bond acceptors (Lipinski definition) is 4. The molecule has 0 fully saturated rings. The summed E-state index contributed by atoms with van der Waals surface area (Å²) in [5.41, 5.74) is 2.18. The highest BCUT2D eigenvalue weighted by Gasteiger charge is 2.29. The van der Waals surface area contributed by atoms with Gasteiger partial charge in [0, 0.05) is 38.6 Å². The molecule has 0 bridgehead atoms. The first-order chi connectivity index (χ1) is 14.2. The van der Waals surface area contributed by atoms with E-state index in [1.807, 2.05) is 24.3 Å². The number of carbonyl (C=O) groups excluding carboxylic acids is 1. The van der Waals surface area contributed by atoms with E-state index in [1.54, 1.807) is 13.2 Å². The Bertz CT molecular complexity index is 964. The second kappa shape index (κ2) is 8.63. The van der Waals surface area contributed by atoms with E-state index in [-0.39, 0.29) is 23.5 Å². The molecule has 1 unspecified atom stereocenters. The van der Waals surface area contributed by atoms with Gasteiger partial charge in [-0.15, -0.1) is 0 Å². The summed E-state index contributed by atoms with van der Waals surface area (Å²) < 4.78 is 26.4. The Hall–Kier alpha value is -2.90. The minimum Gasteiger partial charge on any atom is -0.455 e. The lowest BCUT2D eigenvalue weighted by atomic mass is 9.99. The van der Waals surface area contributed by atoms with Crippen LogP contribution in [0.15, 0.2) is 59.1 Å². The molecule has 3 aromatic rings. The fourth-order valence-corrected chi connectivity index (χ4v) is 3.77. The standard InChI is InChI=1S/C22H24FN3O3/c1-28-14-10-24-22(27)20-9-8-18(29-20)15-26-13-12-25-11-2-3-19(25)21(26)16-4-6-17(23)7-5-16/h2-9,11,21H,10,12-15H2,1H3,(H,24,27). The number of rotatable bonds is 7. The summed E-state index contributed by atoms with van der Waals surface area (Å²) in [5.74, 6) is 0.501. The lowest BCUT2D eigenvalue weighted by molar-refractivity contribution is 0.0903. The molecule has 1 amide bonds. The van der Waals surface area contributed by atoms with Crippen molar-refractivity contribution in [3.05, 3.63) is 83.3 Å². The number of ether oxygens (including phenoxy) is 1. The van der Waals surface area contributed by atoms with Crippen LogP contribution in [0, 0.1) is 5.82 Å². The second-order valence-corrected chi connectivity index (χ2v) is 7.07. The summed E-state index contributed by atoms with van der Waals surface area (Å²) in [5, 5.41) is 2.76. The van der Waals surface area contributed by atoms with E-state index in [2.05, 4.69) is 27.0 Å². The summed E-state index contributed by atoms with van der Waals surface area (Å²) in [4.78, 5) is 14.4. The molecular formula is C22H24FN3O3. The van der Waals surface area contributed by atoms with Gasteiger partial charge in [-0.1, -0.05) is 12.1 Å². The monoisotopic (exact) mass is 397 g/mol. The van der Waals surface area contributed by atoms with Crippen molar-refractivity contribution in [3.8, 4) is 0 Å². The number of nitrogens with zero attached hydrogens (tertiary/aromatic N) is 2. The van der Waals surface area contributed by atoms with Crippen molar-refractivity contribution in [2.45, 2.75) is 19.1 Å². The van der Waals surface area contributed by atoms with E-state index >= 15 is 0 Å². The van der Waals surface area contributed by atoms with Crippen LogP contribution >= 0.6 is 0 Å². The van der Waals surface area contributed by atoms with Gasteiger partial charge in [0.15, 0.2) is 5.76 Å². The molecule has 7 heteroatoms. The minimum absolute atomic E-state index is 0.0107. The molecule has 0 spiro atoms. The fraction of sp³-hybridized carbons (Fsp3) is 0.318. The van der Waals surface area contributed by atoms with Crippen LogP contribution < -0.4 is 5.32 Å². The highest BCUT2D eigenvalue weighted by atomic mass is 19.1.